The second kappa shape index (κ2) is 7.75. The van der Waals surface area contributed by atoms with Crippen LogP contribution in [0.1, 0.15) is 42.3 Å². The summed E-state index contributed by atoms with van der Waals surface area (Å²) in [7, 11) is 1.68. The number of ether oxygens (including phenoxy) is 3. The largest absolute Gasteiger partial charge is 0.497 e. The van der Waals surface area contributed by atoms with Gasteiger partial charge in [-0.2, -0.15) is 5.10 Å². The van der Waals surface area contributed by atoms with Crippen LogP contribution in [0.15, 0.2) is 77.9 Å². The van der Waals surface area contributed by atoms with E-state index in [1.807, 2.05) is 43.3 Å². The van der Waals surface area contributed by atoms with Gasteiger partial charge in [0.2, 0.25) is 6.23 Å². The molecule has 0 spiro atoms. The molecule has 0 fully saturated rings. The number of hydrogen-bond donors (Lipinski definition) is 0. The van der Waals surface area contributed by atoms with Crippen molar-refractivity contribution in [2.45, 2.75) is 25.6 Å². The van der Waals surface area contributed by atoms with Crippen LogP contribution in [0.5, 0.6) is 17.2 Å². The molecule has 2 aliphatic rings. The van der Waals surface area contributed by atoms with Crippen molar-refractivity contribution in [3.63, 3.8) is 0 Å². The standard InChI is InChI=1S/C25H24N2O3/c1-3-29-20-14-10-18(11-15-20)25-27-23(21-6-4-5-7-24(21)30-25)16-22(26-27)17-8-12-19(28-2)13-9-17/h4-15,23,25H,3,16H2,1-2H3. The van der Waals surface area contributed by atoms with Crippen molar-refractivity contribution >= 4 is 5.71 Å². The maximum absolute atomic E-state index is 6.41. The maximum atomic E-state index is 6.41. The molecule has 5 heteroatoms. The molecule has 0 aliphatic carbocycles. The molecule has 0 radical (unpaired) electrons. The summed E-state index contributed by atoms with van der Waals surface area (Å²) in [6.07, 6.45) is 0.552. The molecule has 0 bridgehead atoms. The van der Waals surface area contributed by atoms with Crippen LogP contribution in [0.3, 0.4) is 0 Å². The van der Waals surface area contributed by atoms with E-state index in [4.69, 9.17) is 19.3 Å². The third kappa shape index (κ3) is 3.26. The first kappa shape index (κ1) is 18.6. The van der Waals surface area contributed by atoms with E-state index in [2.05, 4.69) is 41.4 Å². The van der Waals surface area contributed by atoms with Gasteiger partial charge in [-0.25, -0.2) is 5.01 Å². The monoisotopic (exact) mass is 400 g/mol. The Bertz CT molecular complexity index is 1060. The summed E-state index contributed by atoms with van der Waals surface area (Å²) in [4.78, 5) is 0. The number of hydrogen-bond acceptors (Lipinski definition) is 5. The zero-order valence-corrected chi connectivity index (χ0v) is 17.1. The Labute approximate surface area is 176 Å². The highest BCUT2D eigenvalue weighted by Gasteiger charge is 2.40. The third-order valence-corrected chi connectivity index (χ3v) is 5.60. The molecule has 2 unspecified atom stereocenters. The summed E-state index contributed by atoms with van der Waals surface area (Å²) < 4.78 is 17.3. The van der Waals surface area contributed by atoms with E-state index in [1.165, 1.54) is 5.56 Å². The molecule has 152 valence electrons. The Balaban J connectivity index is 1.52. The highest BCUT2D eigenvalue weighted by Crippen LogP contribution is 2.47. The van der Waals surface area contributed by atoms with Gasteiger partial charge in [-0.1, -0.05) is 18.2 Å². The number of nitrogens with zero attached hydrogens (tertiary/aromatic N) is 2. The van der Waals surface area contributed by atoms with Gasteiger partial charge in [0.1, 0.15) is 17.2 Å². The highest BCUT2D eigenvalue weighted by molar-refractivity contribution is 6.02. The van der Waals surface area contributed by atoms with Gasteiger partial charge >= 0.3 is 0 Å². The SMILES string of the molecule is CCOc1ccc(C2Oc3ccccc3C3CC(c4ccc(OC)cc4)=NN32)cc1. The molecule has 0 aromatic heterocycles. The summed E-state index contributed by atoms with van der Waals surface area (Å²) in [5.41, 5.74) is 4.39. The molecule has 2 aliphatic heterocycles. The fraction of sp³-hybridized carbons (Fsp3) is 0.240. The number of benzene rings is 3. The Morgan fingerprint density at radius 3 is 2.43 bits per heavy atom. The molecular formula is C25H24N2O3. The average molecular weight is 400 g/mol. The van der Waals surface area contributed by atoms with Crippen LogP contribution in [0.25, 0.3) is 0 Å². The molecule has 0 saturated heterocycles. The number of fused-ring (bicyclic) bond motifs is 3. The summed E-state index contributed by atoms with van der Waals surface area (Å²) in [5, 5.41) is 7.10. The normalized spacial score (nSPS) is 19.4. The van der Waals surface area contributed by atoms with E-state index < -0.39 is 0 Å². The van der Waals surface area contributed by atoms with Gasteiger partial charge in [0.25, 0.3) is 0 Å². The fourth-order valence-electron chi connectivity index (χ4n) is 4.11. The van der Waals surface area contributed by atoms with Gasteiger partial charge in [-0.3, -0.25) is 0 Å². The molecule has 3 aromatic carbocycles. The molecule has 30 heavy (non-hydrogen) atoms. The van der Waals surface area contributed by atoms with Gasteiger partial charge < -0.3 is 14.2 Å². The maximum Gasteiger partial charge on any atom is 0.213 e. The summed E-state index contributed by atoms with van der Waals surface area (Å²) in [5.74, 6) is 2.62. The second-order valence-electron chi connectivity index (χ2n) is 7.39. The van der Waals surface area contributed by atoms with Crippen molar-refractivity contribution < 1.29 is 14.2 Å². The van der Waals surface area contributed by atoms with Crippen molar-refractivity contribution in [3.8, 4) is 17.2 Å². The zero-order valence-electron chi connectivity index (χ0n) is 17.1. The van der Waals surface area contributed by atoms with Crippen molar-refractivity contribution in [2.75, 3.05) is 13.7 Å². The van der Waals surface area contributed by atoms with E-state index in [0.717, 1.165) is 40.5 Å². The first-order valence-electron chi connectivity index (χ1n) is 10.3. The molecule has 5 nitrogen and oxygen atoms in total. The smallest absolute Gasteiger partial charge is 0.213 e. The first-order chi connectivity index (χ1) is 14.8. The Morgan fingerprint density at radius 2 is 1.70 bits per heavy atom. The Kier molecular flexibility index (Phi) is 4.79. The average Bonchev–Trinajstić information content (AvgIpc) is 3.25. The van der Waals surface area contributed by atoms with E-state index >= 15 is 0 Å². The Hall–Kier alpha value is -3.47. The van der Waals surface area contributed by atoms with Crippen LogP contribution in [-0.4, -0.2) is 24.4 Å². The number of rotatable bonds is 5. The summed E-state index contributed by atoms with van der Waals surface area (Å²) in [6, 6.07) is 24.6. The lowest BCUT2D eigenvalue weighted by atomic mass is 9.96. The second-order valence-corrected chi connectivity index (χ2v) is 7.39. The predicted molar refractivity (Wildman–Crippen MR) is 116 cm³/mol. The van der Waals surface area contributed by atoms with Crippen molar-refractivity contribution in [3.05, 3.63) is 89.5 Å². The van der Waals surface area contributed by atoms with Gasteiger partial charge in [0.15, 0.2) is 0 Å². The third-order valence-electron chi connectivity index (χ3n) is 5.60. The van der Waals surface area contributed by atoms with E-state index in [1.54, 1.807) is 7.11 Å². The van der Waals surface area contributed by atoms with Crippen molar-refractivity contribution in [1.82, 2.24) is 5.01 Å². The topological polar surface area (TPSA) is 43.3 Å². The molecular weight excluding hydrogens is 376 g/mol. The quantitative estimate of drug-likeness (QED) is 0.580. The summed E-state index contributed by atoms with van der Waals surface area (Å²) in [6.45, 7) is 2.63. The van der Waals surface area contributed by atoms with Gasteiger partial charge in [-0.05, 0) is 67.1 Å². The zero-order chi connectivity index (χ0) is 20.5. The number of methoxy groups -OCH3 is 1. The summed E-state index contributed by atoms with van der Waals surface area (Å²) >= 11 is 0. The molecule has 0 saturated carbocycles. The molecule has 2 atom stereocenters. The van der Waals surface area contributed by atoms with Crippen LogP contribution >= 0.6 is 0 Å². The van der Waals surface area contributed by atoms with E-state index in [0.29, 0.717) is 6.61 Å². The van der Waals surface area contributed by atoms with Crippen LogP contribution in [0.4, 0.5) is 0 Å². The van der Waals surface area contributed by atoms with Gasteiger partial charge in [-0.15, -0.1) is 0 Å². The first-order valence-corrected chi connectivity index (χ1v) is 10.3. The lowest BCUT2D eigenvalue weighted by molar-refractivity contribution is -0.0190. The molecule has 0 amide bonds. The van der Waals surface area contributed by atoms with Crippen molar-refractivity contribution in [1.29, 1.82) is 0 Å². The molecule has 0 N–H and O–H groups in total. The highest BCUT2D eigenvalue weighted by atomic mass is 16.5. The van der Waals surface area contributed by atoms with Crippen LogP contribution in [0.2, 0.25) is 0 Å². The fourth-order valence-corrected chi connectivity index (χ4v) is 4.11. The van der Waals surface area contributed by atoms with Crippen LogP contribution < -0.4 is 14.2 Å². The Morgan fingerprint density at radius 1 is 0.967 bits per heavy atom. The lowest BCUT2D eigenvalue weighted by Gasteiger charge is -2.38. The number of para-hydroxylation sites is 1. The molecule has 2 heterocycles. The van der Waals surface area contributed by atoms with Crippen LogP contribution in [-0.2, 0) is 0 Å². The minimum atomic E-state index is -0.281. The van der Waals surface area contributed by atoms with E-state index in [-0.39, 0.29) is 12.3 Å². The minimum Gasteiger partial charge on any atom is -0.497 e. The molecule has 3 aromatic rings. The predicted octanol–water partition coefficient (Wildman–Crippen LogP) is 5.34. The lowest BCUT2D eigenvalue weighted by Crippen LogP contribution is -2.33. The van der Waals surface area contributed by atoms with Gasteiger partial charge in [0.05, 0.1) is 25.5 Å². The van der Waals surface area contributed by atoms with Crippen molar-refractivity contribution in [2.24, 2.45) is 5.10 Å². The number of hydrazone groups is 1. The van der Waals surface area contributed by atoms with E-state index in [9.17, 15) is 0 Å². The van der Waals surface area contributed by atoms with Crippen LogP contribution in [0, 0.1) is 0 Å². The minimum absolute atomic E-state index is 0.142. The molecule has 5 rings (SSSR count). The van der Waals surface area contributed by atoms with Gasteiger partial charge in [0, 0.05) is 17.5 Å².